The summed E-state index contributed by atoms with van der Waals surface area (Å²) in [6.07, 6.45) is 2.37. The molecule has 27 heavy (non-hydrogen) atoms. The number of benzene rings is 1. The van der Waals surface area contributed by atoms with Gasteiger partial charge in [-0.05, 0) is 49.9 Å². The van der Waals surface area contributed by atoms with E-state index in [1.54, 1.807) is 0 Å². The topological polar surface area (TPSA) is 40.1 Å². The average Bonchev–Trinajstić information content (AvgIpc) is 3.31. The molecule has 2 aliphatic heterocycles. The van der Waals surface area contributed by atoms with E-state index in [9.17, 15) is 0 Å². The largest absolute Gasteiger partial charge is 0.381 e. The van der Waals surface area contributed by atoms with Crippen LogP contribution in [0.2, 0.25) is 0 Å². The molecule has 2 unspecified atom stereocenters. The van der Waals surface area contributed by atoms with Crippen molar-refractivity contribution in [3.63, 3.8) is 0 Å². The molecule has 2 atom stereocenters. The number of anilines is 1. The second-order valence-corrected chi connectivity index (χ2v) is 8.30. The van der Waals surface area contributed by atoms with Gasteiger partial charge in [0.15, 0.2) is 5.96 Å². The SMILES string of the molecule is CCNC(=NCC1CCN(c2ccc(Br)cc2)C1)N(C)CC1CCOC1.I. The Morgan fingerprint density at radius 2 is 2.07 bits per heavy atom. The Kier molecular flexibility index (Phi) is 9.65. The number of nitrogens with one attached hydrogen (secondary N) is 1. The van der Waals surface area contributed by atoms with Crippen molar-refractivity contribution in [1.82, 2.24) is 10.2 Å². The molecule has 0 bridgehead atoms. The second kappa shape index (κ2) is 11.5. The first-order valence-electron chi connectivity index (χ1n) is 9.73. The predicted octanol–water partition coefficient (Wildman–Crippen LogP) is 3.83. The van der Waals surface area contributed by atoms with Crippen molar-refractivity contribution >= 4 is 51.6 Å². The predicted molar refractivity (Wildman–Crippen MR) is 127 cm³/mol. The summed E-state index contributed by atoms with van der Waals surface area (Å²) < 4.78 is 6.64. The summed E-state index contributed by atoms with van der Waals surface area (Å²) in [5.41, 5.74) is 1.31. The van der Waals surface area contributed by atoms with Gasteiger partial charge in [0.2, 0.25) is 0 Å². The molecule has 2 heterocycles. The molecule has 1 aromatic rings. The standard InChI is InChI=1S/C20H31BrN4O.HI/c1-3-22-20(24(2)13-17-9-11-26-15-17)23-12-16-8-10-25(14-16)19-6-4-18(21)5-7-19;/h4-7,16-17H,3,8-15H2,1-2H3,(H,22,23);1H. The third-order valence-corrected chi connectivity index (χ3v) is 5.76. The Balaban J connectivity index is 0.00000261. The zero-order valence-corrected chi connectivity index (χ0v) is 20.3. The van der Waals surface area contributed by atoms with Crippen LogP contribution in [0.3, 0.4) is 0 Å². The minimum absolute atomic E-state index is 0. The van der Waals surface area contributed by atoms with Crippen LogP contribution < -0.4 is 10.2 Å². The molecule has 2 fully saturated rings. The highest BCUT2D eigenvalue weighted by molar-refractivity contribution is 14.0. The van der Waals surface area contributed by atoms with Gasteiger partial charge in [0.25, 0.3) is 0 Å². The molecular formula is C20H32BrIN4O. The van der Waals surface area contributed by atoms with Crippen LogP contribution in [0.4, 0.5) is 5.69 Å². The highest BCUT2D eigenvalue weighted by atomic mass is 127. The highest BCUT2D eigenvalue weighted by Crippen LogP contribution is 2.25. The number of ether oxygens (including phenoxy) is 1. The molecule has 1 N–H and O–H groups in total. The van der Waals surface area contributed by atoms with Crippen molar-refractivity contribution in [2.75, 3.05) is 57.9 Å². The minimum Gasteiger partial charge on any atom is -0.381 e. The van der Waals surface area contributed by atoms with Crippen molar-refractivity contribution in [1.29, 1.82) is 0 Å². The van der Waals surface area contributed by atoms with Gasteiger partial charge in [-0.15, -0.1) is 24.0 Å². The van der Waals surface area contributed by atoms with Gasteiger partial charge in [0, 0.05) is 62.5 Å². The Morgan fingerprint density at radius 3 is 2.74 bits per heavy atom. The number of aliphatic imine (C=N–C) groups is 1. The quantitative estimate of drug-likeness (QED) is 0.332. The van der Waals surface area contributed by atoms with Crippen molar-refractivity contribution in [2.24, 2.45) is 16.8 Å². The number of nitrogens with zero attached hydrogens (tertiary/aromatic N) is 3. The first-order valence-corrected chi connectivity index (χ1v) is 10.5. The van der Waals surface area contributed by atoms with Crippen LogP contribution in [0.1, 0.15) is 19.8 Å². The van der Waals surface area contributed by atoms with Crippen LogP contribution in [-0.2, 0) is 4.74 Å². The molecule has 3 rings (SSSR count). The number of rotatable bonds is 6. The fourth-order valence-corrected chi connectivity index (χ4v) is 4.02. The normalized spacial score (nSPS) is 22.6. The van der Waals surface area contributed by atoms with Crippen LogP contribution in [-0.4, -0.2) is 63.8 Å². The van der Waals surface area contributed by atoms with Crippen molar-refractivity contribution in [3.05, 3.63) is 28.7 Å². The van der Waals surface area contributed by atoms with Gasteiger partial charge >= 0.3 is 0 Å². The van der Waals surface area contributed by atoms with Crippen LogP contribution in [0, 0.1) is 11.8 Å². The van der Waals surface area contributed by atoms with E-state index in [0.717, 1.165) is 62.8 Å². The molecular weight excluding hydrogens is 519 g/mol. The van der Waals surface area contributed by atoms with Crippen molar-refractivity contribution in [3.8, 4) is 0 Å². The number of hydrogen-bond donors (Lipinski definition) is 1. The molecule has 0 amide bonds. The average molecular weight is 551 g/mol. The maximum absolute atomic E-state index is 5.50. The smallest absolute Gasteiger partial charge is 0.193 e. The molecule has 1 aromatic carbocycles. The first kappa shape index (κ1) is 22.7. The lowest BCUT2D eigenvalue weighted by Gasteiger charge is -2.25. The Hall–Kier alpha value is -0.540. The van der Waals surface area contributed by atoms with Crippen LogP contribution >= 0.6 is 39.9 Å². The number of hydrogen-bond acceptors (Lipinski definition) is 3. The second-order valence-electron chi connectivity index (χ2n) is 7.38. The van der Waals surface area contributed by atoms with Gasteiger partial charge < -0.3 is 19.9 Å². The van der Waals surface area contributed by atoms with Crippen LogP contribution in [0.5, 0.6) is 0 Å². The Morgan fingerprint density at radius 1 is 1.30 bits per heavy atom. The van der Waals surface area contributed by atoms with E-state index in [1.807, 2.05) is 0 Å². The number of halogens is 2. The maximum atomic E-state index is 5.50. The third-order valence-electron chi connectivity index (χ3n) is 5.23. The van der Waals surface area contributed by atoms with Crippen molar-refractivity contribution in [2.45, 2.75) is 19.8 Å². The van der Waals surface area contributed by atoms with Crippen molar-refractivity contribution < 1.29 is 4.74 Å². The lowest BCUT2D eigenvalue weighted by atomic mass is 10.1. The van der Waals surface area contributed by atoms with Crippen LogP contribution in [0.15, 0.2) is 33.7 Å². The zero-order chi connectivity index (χ0) is 18.4. The van der Waals surface area contributed by atoms with E-state index in [1.165, 1.54) is 12.1 Å². The summed E-state index contributed by atoms with van der Waals surface area (Å²) in [5, 5.41) is 3.45. The molecule has 7 heteroatoms. The van der Waals surface area contributed by atoms with E-state index >= 15 is 0 Å². The molecule has 152 valence electrons. The van der Waals surface area contributed by atoms with E-state index in [-0.39, 0.29) is 24.0 Å². The first-order chi connectivity index (χ1) is 12.7. The van der Waals surface area contributed by atoms with Gasteiger partial charge in [-0.25, -0.2) is 0 Å². The van der Waals surface area contributed by atoms with Gasteiger partial charge in [0.05, 0.1) is 6.61 Å². The molecule has 5 nitrogen and oxygen atoms in total. The zero-order valence-electron chi connectivity index (χ0n) is 16.4. The van der Waals surface area contributed by atoms with Gasteiger partial charge in [-0.1, -0.05) is 15.9 Å². The van der Waals surface area contributed by atoms with E-state index < -0.39 is 0 Å². The van der Waals surface area contributed by atoms with E-state index in [2.05, 4.69) is 69.3 Å². The van der Waals surface area contributed by atoms with Gasteiger partial charge in [-0.2, -0.15) is 0 Å². The summed E-state index contributed by atoms with van der Waals surface area (Å²) in [6.45, 7) is 8.93. The molecule has 2 saturated heterocycles. The third kappa shape index (κ3) is 6.78. The van der Waals surface area contributed by atoms with Gasteiger partial charge in [-0.3, -0.25) is 4.99 Å². The highest BCUT2D eigenvalue weighted by Gasteiger charge is 2.23. The summed E-state index contributed by atoms with van der Waals surface area (Å²) >= 11 is 3.51. The molecule has 0 saturated carbocycles. The Labute approximate surface area is 189 Å². The molecule has 0 spiro atoms. The summed E-state index contributed by atoms with van der Waals surface area (Å²) in [5.74, 6) is 2.28. The van der Waals surface area contributed by atoms with Gasteiger partial charge in [0.1, 0.15) is 0 Å². The lowest BCUT2D eigenvalue weighted by molar-refractivity contribution is 0.181. The summed E-state index contributed by atoms with van der Waals surface area (Å²) in [6, 6.07) is 8.62. The summed E-state index contributed by atoms with van der Waals surface area (Å²) in [4.78, 5) is 9.68. The van der Waals surface area contributed by atoms with Crippen LogP contribution in [0.25, 0.3) is 0 Å². The monoisotopic (exact) mass is 550 g/mol. The number of guanidine groups is 1. The molecule has 0 aromatic heterocycles. The van der Waals surface area contributed by atoms with E-state index in [4.69, 9.17) is 9.73 Å². The minimum atomic E-state index is 0. The molecule has 2 aliphatic rings. The summed E-state index contributed by atoms with van der Waals surface area (Å²) in [7, 11) is 2.14. The maximum Gasteiger partial charge on any atom is 0.193 e. The fourth-order valence-electron chi connectivity index (χ4n) is 3.75. The van der Waals surface area contributed by atoms with E-state index in [0.29, 0.717) is 11.8 Å². The molecule has 0 aliphatic carbocycles. The fraction of sp³-hybridized carbons (Fsp3) is 0.650. The molecule has 0 radical (unpaired) electrons. The lowest BCUT2D eigenvalue weighted by Crippen LogP contribution is -2.41. The Bertz CT molecular complexity index is 592.